The minimum atomic E-state index is -0.132. The number of rotatable bonds is 4. The quantitative estimate of drug-likeness (QED) is 0.745. The number of phenolic OH excluding ortho intramolecular Hbond substituents is 2. The van der Waals surface area contributed by atoms with E-state index in [2.05, 4.69) is 15.0 Å². The molecule has 0 spiro atoms. The minimum absolute atomic E-state index is 0.0127. The molecule has 0 saturated carbocycles. The summed E-state index contributed by atoms with van der Waals surface area (Å²) in [7, 11) is 0. The Kier molecular flexibility index (Phi) is 4.70. The van der Waals surface area contributed by atoms with Gasteiger partial charge in [-0.2, -0.15) is 0 Å². The third kappa shape index (κ3) is 3.63. The largest absolute Gasteiger partial charge is 0.508 e. The SMILES string of the molecule is CC[C@@H](N=C1N=C(c2cc(O)ccc2O)C=NC1=N)c1ccccc1. The second-order valence-corrected chi connectivity index (χ2v) is 5.59. The summed E-state index contributed by atoms with van der Waals surface area (Å²) < 4.78 is 0. The summed E-state index contributed by atoms with van der Waals surface area (Å²) in [6.07, 6.45) is 2.14. The van der Waals surface area contributed by atoms with Gasteiger partial charge in [0.2, 0.25) is 0 Å². The van der Waals surface area contributed by atoms with E-state index in [4.69, 9.17) is 5.41 Å². The van der Waals surface area contributed by atoms with Crippen molar-refractivity contribution in [3.05, 3.63) is 59.7 Å². The van der Waals surface area contributed by atoms with Crippen LogP contribution < -0.4 is 0 Å². The number of nitrogens with one attached hydrogen (secondary N) is 1. The standard InChI is InChI=1S/C19H18N4O2/c1-2-15(12-6-4-3-5-7-12)22-19-18(20)21-11-16(23-19)14-10-13(24)8-9-17(14)25/h3-11,15,20,24-25H,2H2,1H3/t15-/m1/s1. The molecule has 0 aliphatic carbocycles. The van der Waals surface area contributed by atoms with Crippen LogP contribution in [-0.2, 0) is 0 Å². The van der Waals surface area contributed by atoms with E-state index in [1.807, 2.05) is 37.3 Å². The van der Waals surface area contributed by atoms with E-state index in [1.54, 1.807) is 0 Å². The van der Waals surface area contributed by atoms with Crippen LogP contribution in [0.2, 0.25) is 0 Å². The predicted octanol–water partition coefficient (Wildman–Crippen LogP) is 3.50. The smallest absolute Gasteiger partial charge is 0.193 e. The fourth-order valence-electron chi connectivity index (χ4n) is 2.55. The average Bonchev–Trinajstić information content (AvgIpc) is 2.64. The number of aliphatic imine (C=N–C) groups is 3. The van der Waals surface area contributed by atoms with Gasteiger partial charge in [0.15, 0.2) is 11.7 Å². The highest BCUT2D eigenvalue weighted by atomic mass is 16.3. The first-order valence-electron chi connectivity index (χ1n) is 7.95. The van der Waals surface area contributed by atoms with Crippen molar-refractivity contribution in [2.45, 2.75) is 19.4 Å². The molecular weight excluding hydrogens is 316 g/mol. The lowest BCUT2D eigenvalue weighted by Crippen LogP contribution is -2.20. The third-order valence-corrected chi connectivity index (χ3v) is 3.86. The summed E-state index contributed by atoms with van der Waals surface area (Å²) >= 11 is 0. The fourth-order valence-corrected chi connectivity index (χ4v) is 2.55. The lowest BCUT2D eigenvalue weighted by atomic mass is 10.1. The van der Waals surface area contributed by atoms with Crippen LogP contribution in [0, 0.1) is 5.41 Å². The molecule has 1 aliphatic heterocycles. The van der Waals surface area contributed by atoms with E-state index in [0.29, 0.717) is 11.3 Å². The molecule has 6 nitrogen and oxygen atoms in total. The number of hydrogen-bond donors (Lipinski definition) is 3. The highest BCUT2D eigenvalue weighted by Gasteiger charge is 2.18. The molecule has 2 aromatic carbocycles. The summed E-state index contributed by atoms with van der Waals surface area (Å²) in [6, 6.07) is 13.9. The molecule has 0 bridgehead atoms. The molecule has 3 N–H and O–H groups in total. The van der Waals surface area contributed by atoms with E-state index in [-0.39, 0.29) is 29.2 Å². The van der Waals surface area contributed by atoms with Crippen LogP contribution in [-0.4, -0.2) is 33.8 Å². The Hall–Kier alpha value is -3.28. The van der Waals surface area contributed by atoms with Gasteiger partial charge in [-0.15, -0.1) is 0 Å². The molecule has 25 heavy (non-hydrogen) atoms. The molecule has 3 rings (SSSR count). The molecule has 1 aliphatic rings. The Morgan fingerprint density at radius 2 is 1.88 bits per heavy atom. The highest BCUT2D eigenvalue weighted by molar-refractivity contribution is 6.54. The van der Waals surface area contributed by atoms with E-state index < -0.39 is 0 Å². The van der Waals surface area contributed by atoms with Gasteiger partial charge in [-0.05, 0) is 30.2 Å². The number of nitrogens with zero attached hydrogens (tertiary/aromatic N) is 3. The Bertz CT molecular complexity index is 886. The Morgan fingerprint density at radius 1 is 1.12 bits per heavy atom. The predicted molar refractivity (Wildman–Crippen MR) is 99.4 cm³/mol. The van der Waals surface area contributed by atoms with Gasteiger partial charge in [-0.3, -0.25) is 10.4 Å². The number of hydrogen-bond acceptors (Lipinski definition) is 4. The highest BCUT2D eigenvalue weighted by Crippen LogP contribution is 2.25. The van der Waals surface area contributed by atoms with E-state index in [0.717, 1.165) is 12.0 Å². The van der Waals surface area contributed by atoms with Crippen molar-refractivity contribution < 1.29 is 10.2 Å². The Balaban J connectivity index is 2.00. The fraction of sp³-hybridized carbons (Fsp3) is 0.158. The van der Waals surface area contributed by atoms with Gasteiger partial charge in [0.1, 0.15) is 11.5 Å². The molecule has 6 heteroatoms. The summed E-state index contributed by atoms with van der Waals surface area (Å²) in [4.78, 5) is 13.0. The number of amidine groups is 2. The van der Waals surface area contributed by atoms with Crippen LogP contribution in [0.1, 0.15) is 30.5 Å². The first kappa shape index (κ1) is 16.6. The molecule has 0 amide bonds. The van der Waals surface area contributed by atoms with Gasteiger partial charge in [0.05, 0.1) is 18.0 Å². The third-order valence-electron chi connectivity index (χ3n) is 3.86. The first-order chi connectivity index (χ1) is 12.1. The molecule has 1 heterocycles. The molecule has 2 aromatic rings. The molecule has 126 valence electrons. The van der Waals surface area contributed by atoms with Gasteiger partial charge in [-0.25, -0.2) is 9.98 Å². The lowest BCUT2D eigenvalue weighted by molar-refractivity contribution is 0.459. The van der Waals surface area contributed by atoms with Crippen LogP contribution in [0.3, 0.4) is 0 Å². The Labute approximate surface area is 145 Å². The van der Waals surface area contributed by atoms with E-state index in [9.17, 15) is 10.2 Å². The second-order valence-electron chi connectivity index (χ2n) is 5.59. The summed E-state index contributed by atoms with van der Waals surface area (Å²) in [5.41, 5.74) is 1.74. The summed E-state index contributed by atoms with van der Waals surface area (Å²) in [6.45, 7) is 2.02. The van der Waals surface area contributed by atoms with Crippen molar-refractivity contribution in [3.8, 4) is 11.5 Å². The van der Waals surface area contributed by atoms with E-state index >= 15 is 0 Å². The van der Waals surface area contributed by atoms with Gasteiger partial charge in [0.25, 0.3) is 0 Å². The van der Waals surface area contributed by atoms with Crippen LogP contribution >= 0.6 is 0 Å². The van der Waals surface area contributed by atoms with Crippen LogP contribution in [0.4, 0.5) is 0 Å². The monoisotopic (exact) mass is 334 g/mol. The lowest BCUT2D eigenvalue weighted by Gasteiger charge is -2.14. The molecule has 0 aromatic heterocycles. The number of aromatic hydroxyl groups is 2. The minimum Gasteiger partial charge on any atom is -0.508 e. The molecule has 0 unspecified atom stereocenters. The molecular formula is C19H18N4O2. The maximum Gasteiger partial charge on any atom is 0.193 e. The van der Waals surface area contributed by atoms with Crippen LogP contribution in [0.25, 0.3) is 0 Å². The van der Waals surface area contributed by atoms with Crippen molar-refractivity contribution in [2.24, 2.45) is 15.0 Å². The molecule has 0 saturated heterocycles. The number of phenols is 2. The Morgan fingerprint density at radius 3 is 2.60 bits per heavy atom. The van der Waals surface area contributed by atoms with Crippen LogP contribution in [0.5, 0.6) is 11.5 Å². The molecule has 1 atom stereocenters. The maximum absolute atomic E-state index is 10.00. The van der Waals surface area contributed by atoms with Gasteiger partial charge < -0.3 is 10.2 Å². The van der Waals surface area contributed by atoms with Crippen LogP contribution in [0.15, 0.2) is 63.5 Å². The second kappa shape index (κ2) is 7.09. The number of benzene rings is 2. The van der Waals surface area contributed by atoms with E-state index in [1.165, 1.54) is 24.4 Å². The van der Waals surface area contributed by atoms with Crippen molar-refractivity contribution >= 4 is 23.6 Å². The topological polar surface area (TPSA) is 101 Å². The zero-order valence-corrected chi connectivity index (χ0v) is 13.7. The van der Waals surface area contributed by atoms with Gasteiger partial charge in [-0.1, -0.05) is 37.3 Å². The normalized spacial score (nSPS) is 16.8. The zero-order chi connectivity index (χ0) is 17.8. The first-order valence-corrected chi connectivity index (χ1v) is 7.95. The zero-order valence-electron chi connectivity index (χ0n) is 13.7. The van der Waals surface area contributed by atoms with Crippen molar-refractivity contribution in [1.82, 2.24) is 0 Å². The van der Waals surface area contributed by atoms with Crippen molar-refractivity contribution in [3.63, 3.8) is 0 Å². The van der Waals surface area contributed by atoms with Crippen molar-refractivity contribution in [1.29, 1.82) is 5.41 Å². The maximum atomic E-state index is 10.00. The molecule has 0 radical (unpaired) electrons. The van der Waals surface area contributed by atoms with Gasteiger partial charge >= 0.3 is 0 Å². The average molecular weight is 334 g/mol. The summed E-state index contributed by atoms with van der Waals surface area (Å²) in [5, 5.41) is 27.6. The van der Waals surface area contributed by atoms with Crippen molar-refractivity contribution in [2.75, 3.05) is 0 Å². The summed E-state index contributed by atoms with van der Waals surface area (Å²) in [5.74, 6) is 0.165. The van der Waals surface area contributed by atoms with Gasteiger partial charge in [0, 0.05) is 5.56 Å². The molecule has 0 fully saturated rings.